The van der Waals surface area contributed by atoms with Crippen molar-refractivity contribution in [2.75, 3.05) is 12.4 Å². The highest BCUT2D eigenvalue weighted by atomic mass is 35.5. The normalized spacial score (nSPS) is 13.7. The number of pyridine rings is 1. The van der Waals surface area contributed by atoms with E-state index in [1.54, 1.807) is 54.9 Å². The Hall–Kier alpha value is -3.64. The van der Waals surface area contributed by atoms with Crippen molar-refractivity contribution in [1.29, 1.82) is 0 Å². The Balaban J connectivity index is 1.77. The predicted octanol–water partition coefficient (Wildman–Crippen LogP) is 4.14. The third kappa shape index (κ3) is 3.77. The fraction of sp³-hybridized carbons (Fsp3) is 0.0870. The lowest BCUT2D eigenvalue weighted by Crippen LogP contribution is -2.32. The third-order valence-electron chi connectivity index (χ3n) is 4.74. The average molecular weight is 420 g/mol. The van der Waals surface area contributed by atoms with Crippen LogP contribution in [0.25, 0.3) is 5.57 Å². The number of aromatic nitrogens is 1. The van der Waals surface area contributed by atoms with E-state index in [4.69, 9.17) is 16.3 Å². The largest absolute Gasteiger partial charge is 0.495 e. The zero-order chi connectivity index (χ0) is 21.1. The van der Waals surface area contributed by atoms with Crippen LogP contribution in [0.2, 0.25) is 5.02 Å². The van der Waals surface area contributed by atoms with Gasteiger partial charge in [0.2, 0.25) is 0 Å². The number of carbonyl (C=O) groups excluding carboxylic acids is 2. The number of anilines is 1. The molecule has 1 N–H and O–H groups in total. The van der Waals surface area contributed by atoms with Crippen molar-refractivity contribution in [2.24, 2.45) is 0 Å². The smallest absolute Gasteiger partial charge is 0.278 e. The summed E-state index contributed by atoms with van der Waals surface area (Å²) in [6.07, 6.45) is 3.25. The summed E-state index contributed by atoms with van der Waals surface area (Å²) in [7, 11) is 1.53. The van der Waals surface area contributed by atoms with Gasteiger partial charge < -0.3 is 10.1 Å². The van der Waals surface area contributed by atoms with Gasteiger partial charge in [0.25, 0.3) is 11.8 Å². The molecule has 7 heteroatoms. The lowest BCUT2D eigenvalue weighted by Gasteiger charge is -2.16. The van der Waals surface area contributed by atoms with Gasteiger partial charge in [0, 0.05) is 17.4 Å². The highest BCUT2D eigenvalue weighted by Crippen LogP contribution is 2.35. The fourth-order valence-corrected chi connectivity index (χ4v) is 3.46. The van der Waals surface area contributed by atoms with Crippen LogP contribution in [0.3, 0.4) is 0 Å². The second-order valence-corrected chi connectivity index (χ2v) is 7.07. The number of nitrogens with zero attached hydrogens (tertiary/aromatic N) is 2. The first-order valence-corrected chi connectivity index (χ1v) is 9.61. The summed E-state index contributed by atoms with van der Waals surface area (Å²) in [5.74, 6) is -0.281. The van der Waals surface area contributed by atoms with Crippen LogP contribution < -0.4 is 10.1 Å². The maximum atomic E-state index is 13.3. The summed E-state index contributed by atoms with van der Waals surface area (Å²) in [6, 6.07) is 17.7. The lowest BCUT2D eigenvalue weighted by atomic mass is 10.0. The van der Waals surface area contributed by atoms with E-state index in [1.807, 2.05) is 18.2 Å². The number of ether oxygens (including phenoxy) is 1. The maximum Gasteiger partial charge on any atom is 0.278 e. The number of hydrogen-bond acceptors (Lipinski definition) is 5. The Kier molecular flexibility index (Phi) is 5.50. The number of halogens is 1. The molecule has 4 rings (SSSR count). The van der Waals surface area contributed by atoms with Crippen molar-refractivity contribution >= 4 is 34.7 Å². The summed E-state index contributed by atoms with van der Waals surface area (Å²) in [5, 5.41) is 3.57. The van der Waals surface area contributed by atoms with Crippen LogP contribution in [0.4, 0.5) is 5.69 Å². The van der Waals surface area contributed by atoms with Gasteiger partial charge in [-0.2, -0.15) is 0 Å². The number of carbonyl (C=O) groups is 2. The molecule has 0 spiro atoms. The molecule has 3 aromatic rings. The molecular formula is C23H18ClN3O3. The van der Waals surface area contributed by atoms with Crippen molar-refractivity contribution in [2.45, 2.75) is 6.54 Å². The third-order valence-corrected chi connectivity index (χ3v) is 4.98. The van der Waals surface area contributed by atoms with Crippen LogP contribution in [0.15, 0.2) is 78.8 Å². The second-order valence-electron chi connectivity index (χ2n) is 6.64. The molecule has 0 unspecified atom stereocenters. The van der Waals surface area contributed by atoms with E-state index in [9.17, 15) is 9.59 Å². The second kappa shape index (κ2) is 8.39. The first kappa shape index (κ1) is 19.7. The molecule has 0 bridgehead atoms. The molecule has 1 aliphatic rings. The van der Waals surface area contributed by atoms with Crippen molar-refractivity contribution in [3.63, 3.8) is 0 Å². The van der Waals surface area contributed by atoms with Crippen molar-refractivity contribution in [3.05, 3.63) is 94.9 Å². The minimum atomic E-state index is -0.419. The first-order valence-electron chi connectivity index (χ1n) is 9.24. The van der Waals surface area contributed by atoms with E-state index in [0.717, 1.165) is 5.56 Å². The molecule has 2 amide bonds. The van der Waals surface area contributed by atoms with Gasteiger partial charge >= 0.3 is 0 Å². The van der Waals surface area contributed by atoms with Crippen LogP contribution in [0.1, 0.15) is 11.1 Å². The molecule has 0 saturated carbocycles. The van der Waals surface area contributed by atoms with E-state index in [2.05, 4.69) is 10.3 Å². The molecule has 0 radical (unpaired) electrons. The van der Waals surface area contributed by atoms with Gasteiger partial charge in [0.1, 0.15) is 11.4 Å². The fourth-order valence-electron chi connectivity index (χ4n) is 3.29. The molecule has 0 atom stereocenters. The van der Waals surface area contributed by atoms with Crippen LogP contribution in [0.5, 0.6) is 5.75 Å². The van der Waals surface area contributed by atoms with Crippen LogP contribution in [0, 0.1) is 0 Å². The quantitative estimate of drug-likeness (QED) is 0.608. The predicted molar refractivity (Wildman–Crippen MR) is 115 cm³/mol. The molecular weight excluding hydrogens is 402 g/mol. The Bertz CT molecular complexity index is 1130. The first-order chi connectivity index (χ1) is 14.6. The summed E-state index contributed by atoms with van der Waals surface area (Å²) in [4.78, 5) is 31.8. The highest BCUT2D eigenvalue weighted by molar-refractivity contribution is 6.36. The van der Waals surface area contributed by atoms with Gasteiger partial charge in [-0.15, -0.1) is 0 Å². The number of methoxy groups -OCH3 is 1. The maximum absolute atomic E-state index is 13.3. The molecule has 150 valence electrons. The van der Waals surface area contributed by atoms with E-state index in [-0.39, 0.29) is 18.1 Å². The zero-order valence-corrected chi connectivity index (χ0v) is 16.9. The van der Waals surface area contributed by atoms with Crippen LogP contribution in [-0.4, -0.2) is 28.8 Å². The molecule has 2 heterocycles. The molecule has 0 aliphatic carbocycles. The summed E-state index contributed by atoms with van der Waals surface area (Å²) >= 11 is 6.13. The van der Waals surface area contributed by atoms with Crippen molar-refractivity contribution < 1.29 is 14.3 Å². The zero-order valence-electron chi connectivity index (χ0n) is 16.1. The molecule has 0 saturated heterocycles. The van der Waals surface area contributed by atoms with E-state index in [0.29, 0.717) is 27.6 Å². The molecule has 1 aromatic heterocycles. The Morgan fingerprint density at radius 3 is 2.43 bits per heavy atom. The lowest BCUT2D eigenvalue weighted by molar-refractivity contribution is -0.137. The number of rotatable bonds is 6. The Labute approximate surface area is 178 Å². The Morgan fingerprint density at radius 2 is 1.73 bits per heavy atom. The average Bonchev–Trinajstić information content (AvgIpc) is 2.99. The minimum absolute atomic E-state index is 0.147. The van der Waals surface area contributed by atoms with Crippen LogP contribution >= 0.6 is 11.6 Å². The van der Waals surface area contributed by atoms with E-state index < -0.39 is 5.91 Å². The standard InChI is InChI=1S/C23H18ClN3O3/c1-30-19-8-7-17(24)13-18(19)26-21-20(16-5-3-2-4-6-16)22(28)27(23(21)29)14-15-9-11-25-12-10-15/h2-13,26H,14H2,1H3. The molecule has 2 aromatic carbocycles. The van der Waals surface area contributed by atoms with Crippen molar-refractivity contribution in [3.8, 4) is 5.75 Å². The number of nitrogens with one attached hydrogen (secondary N) is 1. The van der Waals surface area contributed by atoms with Crippen molar-refractivity contribution in [1.82, 2.24) is 9.88 Å². The minimum Gasteiger partial charge on any atom is -0.495 e. The topological polar surface area (TPSA) is 71.5 Å². The van der Waals surface area contributed by atoms with Gasteiger partial charge in [0.15, 0.2) is 0 Å². The highest BCUT2D eigenvalue weighted by Gasteiger charge is 2.39. The summed E-state index contributed by atoms with van der Waals surface area (Å²) < 4.78 is 5.38. The van der Waals surface area contributed by atoms with Gasteiger partial charge in [-0.3, -0.25) is 19.5 Å². The number of hydrogen-bond donors (Lipinski definition) is 1. The Morgan fingerprint density at radius 1 is 1.00 bits per heavy atom. The summed E-state index contributed by atoms with van der Waals surface area (Å²) in [6.45, 7) is 0.147. The number of amides is 2. The summed E-state index contributed by atoms with van der Waals surface area (Å²) in [5.41, 5.74) is 2.44. The molecule has 30 heavy (non-hydrogen) atoms. The molecule has 0 fully saturated rings. The van der Waals surface area contributed by atoms with E-state index in [1.165, 1.54) is 12.0 Å². The monoisotopic (exact) mass is 419 g/mol. The van der Waals surface area contributed by atoms with Gasteiger partial charge in [0.05, 0.1) is 24.9 Å². The molecule has 6 nitrogen and oxygen atoms in total. The van der Waals surface area contributed by atoms with Gasteiger partial charge in [-0.1, -0.05) is 41.9 Å². The number of imide groups is 1. The molecule has 1 aliphatic heterocycles. The number of benzene rings is 2. The van der Waals surface area contributed by atoms with E-state index >= 15 is 0 Å². The van der Waals surface area contributed by atoms with Gasteiger partial charge in [-0.25, -0.2) is 0 Å². The van der Waals surface area contributed by atoms with Crippen LogP contribution in [-0.2, 0) is 16.1 Å². The SMILES string of the molecule is COc1ccc(Cl)cc1NC1=C(c2ccccc2)C(=O)N(Cc2ccncc2)C1=O. The van der Waals surface area contributed by atoms with Gasteiger partial charge in [-0.05, 0) is 41.5 Å².